The van der Waals surface area contributed by atoms with E-state index in [-0.39, 0.29) is 29.8 Å². The average molecular weight is 315 g/mol. The Morgan fingerprint density at radius 2 is 2.00 bits per heavy atom. The first kappa shape index (κ1) is 19.7. The van der Waals surface area contributed by atoms with Gasteiger partial charge in [0.15, 0.2) is 0 Å². The zero-order chi connectivity index (χ0) is 15.2. The quantitative estimate of drug-likeness (QED) is 0.813. The van der Waals surface area contributed by atoms with E-state index in [1.54, 1.807) is 7.11 Å². The molecular formula is C16H27ClN2O2. The van der Waals surface area contributed by atoms with Gasteiger partial charge < -0.3 is 15.8 Å². The third kappa shape index (κ3) is 4.90. The van der Waals surface area contributed by atoms with Crippen molar-refractivity contribution in [3.8, 4) is 5.75 Å². The molecule has 1 unspecified atom stereocenters. The summed E-state index contributed by atoms with van der Waals surface area (Å²) < 4.78 is 5.20. The number of ether oxygens (including phenoxy) is 1. The van der Waals surface area contributed by atoms with E-state index in [2.05, 4.69) is 5.32 Å². The Labute approximate surface area is 133 Å². The van der Waals surface area contributed by atoms with Gasteiger partial charge in [-0.3, -0.25) is 4.79 Å². The zero-order valence-electron chi connectivity index (χ0n) is 13.3. The van der Waals surface area contributed by atoms with Gasteiger partial charge in [-0.2, -0.15) is 0 Å². The minimum Gasteiger partial charge on any atom is -0.497 e. The Morgan fingerprint density at radius 3 is 2.48 bits per heavy atom. The SMILES string of the molecule is CCC(CC)(CN)NC(=O)C(C)c1cccc(OC)c1.Cl. The lowest BCUT2D eigenvalue weighted by atomic mass is 9.91. The molecule has 0 spiro atoms. The van der Waals surface area contributed by atoms with Crippen LogP contribution in [-0.2, 0) is 4.79 Å². The minimum absolute atomic E-state index is 0. The zero-order valence-corrected chi connectivity index (χ0v) is 14.1. The molecule has 1 aromatic rings. The predicted octanol–water partition coefficient (Wildman–Crippen LogP) is 2.85. The molecule has 0 saturated carbocycles. The molecule has 5 heteroatoms. The van der Waals surface area contributed by atoms with Crippen molar-refractivity contribution in [2.75, 3.05) is 13.7 Å². The highest BCUT2D eigenvalue weighted by atomic mass is 35.5. The van der Waals surface area contributed by atoms with Crippen molar-refractivity contribution in [3.63, 3.8) is 0 Å². The largest absolute Gasteiger partial charge is 0.497 e. The number of methoxy groups -OCH3 is 1. The highest BCUT2D eigenvalue weighted by Crippen LogP contribution is 2.22. The first-order chi connectivity index (χ1) is 9.51. The molecule has 3 N–H and O–H groups in total. The number of nitrogens with two attached hydrogens (primary N) is 1. The van der Waals surface area contributed by atoms with Crippen LogP contribution in [0.15, 0.2) is 24.3 Å². The number of benzene rings is 1. The molecule has 0 bridgehead atoms. The van der Waals surface area contributed by atoms with Gasteiger partial charge in [-0.05, 0) is 37.5 Å². The van der Waals surface area contributed by atoms with Crippen molar-refractivity contribution in [3.05, 3.63) is 29.8 Å². The lowest BCUT2D eigenvalue weighted by Crippen LogP contribution is -2.53. The highest BCUT2D eigenvalue weighted by molar-refractivity contribution is 5.85. The number of nitrogens with one attached hydrogen (secondary N) is 1. The molecule has 21 heavy (non-hydrogen) atoms. The van der Waals surface area contributed by atoms with Crippen molar-refractivity contribution >= 4 is 18.3 Å². The van der Waals surface area contributed by atoms with Crippen LogP contribution in [-0.4, -0.2) is 25.1 Å². The molecule has 0 aliphatic carbocycles. The Bertz CT molecular complexity index is 439. The smallest absolute Gasteiger partial charge is 0.227 e. The van der Waals surface area contributed by atoms with Crippen LogP contribution in [0.5, 0.6) is 5.75 Å². The van der Waals surface area contributed by atoms with E-state index >= 15 is 0 Å². The normalized spacial score (nSPS) is 12.2. The lowest BCUT2D eigenvalue weighted by Gasteiger charge is -2.32. The molecule has 120 valence electrons. The van der Waals surface area contributed by atoms with Crippen LogP contribution in [0.4, 0.5) is 0 Å². The summed E-state index contributed by atoms with van der Waals surface area (Å²) in [7, 11) is 1.62. The summed E-state index contributed by atoms with van der Waals surface area (Å²) in [5.41, 5.74) is 6.47. The van der Waals surface area contributed by atoms with Crippen molar-refractivity contribution in [1.82, 2.24) is 5.32 Å². The summed E-state index contributed by atoms with van der Waals surface area (Å²) in [6.45, 7) is 6.45. The summed E-state index contributed by atoms with van der Waals surface area (Å²) in [5.74, 6) is 0.541. The second-order valence-electron chi connectivity index (χ2n) is 5.18. The molecule has 4 nitrogen and oxygen atoms in total. The van der Waals surface area contributed by atoms with Crippen LogP contribution >= 0.6 is 12.4 Å². The second-order valence-corrected chi connectivity index (χ2v) is 5.18. The highest BCUT2D eigenvalue weighted by Gasteiger charge is 2.28. The average Bonchev–Trinajstić information content (AvgIpc) is 2.51. The van der Waals surface area contributed by atoms with Crippen LogP contribution < -0.4 is 15.8 Å². The summed E-state index contributed by atoms with van der Waals surface area (Å²) in [6.07, 6.45) is 1.66. The monoisotopic (exact) mass is 314 g/mol. The number of carbonyl (C=O) groups excluding carboxylic acids is 1. The third-order valence-corrected chi connectivity index (χ3v) is 4.12. The maximum absolute atomic E-state index is 12.4. The van der Waals surface area contributed by atoms with Crippen molar-refractivity contribution in [2.45, 2.75) is 45.1 Å². The van der Waals surface area contributed by atoms with Gasteiger partial charge in [0.25, 0.3) is 0 Å². The van der Waals surface area contributed by atoms with Crippen molar-refractivity contribution < 1.29 is 9.53 Å². The lowest BCUT2D eigenvalue weighted by molar-refractivity contribution is -0.124. The summed E-state index contributed by atoms with van der Waals surface area (Å²) >= 11 is 0. The molecule has 0 aliphatic heterocycles. The van der Waals surface area contributed by atoms with Crippen LogP contribution in [0.3, 0.4) is 0 Å². The van der Waals surface area contributed by atoms with Gasteiger partial charge in [-0.15, -0.1) is 12.4 Å². The molecule has 1 rings (SSSR count). The summed E-state index contributed by atoms with van der Waals surface area (Å²) in [4.78, 5) is 12.4. The van der Waals surface area contributed by atoms with Gasteiger partial charge in [-0.25, -0.2) is 0 Å². The maximum atomic E-state index is 12.4. The van der Waals surface area contributed by atoms with E-state index in [9.17, 15) is 4.79 Å². The first-order valence-corrected chi connectivity index (χ1v) is 7.18. The second kappa shape index (κ2) is 8.90. The van der Waals surface area contributed by atoms with Crippen LogP contribution in [0, 0.1) is 0 Å². The Kier molecular flexibility index (Phi) is 8.37. The molecule has 0 heterocycles. The van der Waals surface area contributed by atoms with Gasteiger partial charge in [0.1, 0.15) is 5.75 Å². The van der Waals surface area contributed by atoms with E-state index in [1.165, 1.54) is 0 Å². The third-order valence-electron chi connectivity index (χ3n) is 4.12. The van der Waals surface area contributed by atoms with Gasteiger partial charge in [0.05, 0.1) is 18.6 Å². The molecule has 0 aromatic heterocycles. The fourth-order valence-electron chi connectivity index (χ4n) is 2.20. The minimum atomic E-state index is -0.301. The molecule has 0 radical (unpaired) electrons. The van der Waals surface area contributed by atoms with Crippen LogP contribution in [0.25, 0.3) is 0 Å². The number of rotatable bonds is 7. The first-order valence-electron chi connectivity index (χ1n) is 7.18. The Morgan fingerprint density at radius 1 is 1.38 bits per heavy atom. The molecule has 1 amide bonds. The van der Waals surface area contributed by atoms with E-state index < -0.39 is 0 Å². The molecule has 0 aliphatic rings. The fourth-order valence-corrected chi connectivity index (χ4v) is 2.20. The van der Waals surface area contributed by atoms with Gasteiger partial charge in [-0.1, -0.05) is 26.0 Å². The number of halogens is 1. The Balaban J connectivity index is 0.00000400. The van der Waals surface area contributed by atoms with E-state index in [4.69, 9.17) is 10.5 Å². The number of amides is 1. The maximum Gasteiger partial charge on any atom is 0.227 e. The predicted molar refractivity (Wildman–Crippen MR) is 89.2 cm³/mol. The van der Waals surface area contributed by atoms with Gasteiger partial charge in [0, 0.05) is 6.54 Å². The molecule has 1 aromatic carbocycles. The molecule has 0 saturated heterocycles. The van der Waals surface area contributed by atoms with Gasteiger partial charge >= 0.3 is 0 Å². The number of hydrogen-bond donors (Lipinski definition) is 2. The number of hydrogen-bond acceptors (Lipinski definition) is 3. The standard InChI is InChI=1S/C16H26N2O2.ClH/c1-5-16(6-2,11-17)18-15(19)12(3)13-8-7-9-14(10-13)20-4;/h7-10,12H,5-6,11,17H2,1-4H3,(H,18,19);1H. The summed E-state index contributed by atoms with van der Waals surface area (Å²) in [5, 5.41) is 3.11. The molecule has 0 fully saturated rings. The molecule has 1 atom stereocenters. The van der Waals surface area contributed by atoms with E-state index in [1.807, 2.05) is 45.0 Å². The Hall–Kier alpha value is -1.26. The summed E-state index contributed by atoms with van der Waals surface area (Å²) in [6, 6.07) is 7.60. The number of carbonyl (C=O) groups is 1. The topological polar surface area (TPSA) is 64.3 Å². The molecular weight excluding hydrogens is 288 g/mol. The van der Waals surface area contributed by atoms with Crippen LogP contribution in [0.2, 0.25) is 0 Å². The van der Waals surface area contributed by atoms with Gasteiger partial charge in [0.2, 0.25) is 5.91 Å². The van der Waals surface area contributed by atoms with Crippen molar-refractivity contribution in [1.29, 1.82) is 0 Å². The van der Waals surface area contributed by atoms with E-state index in [0.717, 1.165) is 24.2 Å². The van der Waals surface area contributed by atoms with Crippen molar-refractivity contribution in [2.24, 2.45) is 5.73 Å². The fraction of sp³-hybridized carbons (Fsp3) is 0.562. The van der Waals surface area contributed by atoms with E-state index in [0.29, 0.717) is 6.54 Å². The van der Waals surface area contributed by atoms with Crippen LogP contribution in [0.1, 0.15) is 45.1 Å².